The van der Waals surface area contributed by atoms with Crippen molar-refractivity contribution in [2.24, 2.45) is 0 Å². The predicted octanol–water partition coefficient (Wildman–Crippen LogP) is 3.65. The summed E-state index contributed by atoms with van der Waals surface area (Å²) in [5.41, 5.74) is -0.575. The lowest BCUT2D eigenvalue weighted by atomic mass is 10.1. The van der Waals surface area contributed by atoms with Crippen molar-refractivity contribution in [1.82, 2.24) is 9.97 Å². The van der Waals surface area contributed by atoms with E-state index in [0.717, 1.165) is 6.20 Å². The fourth-order valence-corrected chi connectivity index (χ4v) is 0.796. The molecule has 1 rings (SSSR count). The fourth-order valence-electron chi connectivity index (χ4n) is 0.796. The van der Waals surface area contributed by atoms with E-state index in [2.05, 4.69) is 9.97 Å². The molecule has 0 bridgehead atoms. The minimum Gasteiger partial charge on any atom is -0.261 e. The van der Waals surface area contributed by atoms with E-state index in [4.69, 9.17) is 0 Å². The molecule has 0 saturated carbocycles. The SMILES string of the molecule is CC.CC(C)c1cncc(C(F)(F)F)n1. The molecule has 0 saturated heterocycles. The molecule has 0 aromatic carbocycles. The summed E-state index contributed by atoms with van der Waals surface area (Å²) in [4.78, 5) is 6.95. The smallest absolute Gasteiger partial charge is 0.261 e. The molecule has 0 spiro atoms. The van der Waals surface area contributed by atoms with Gasteiger partial charge in [0.05, 0.1) is 11.9 Å². The van der Waals surface area contributed by atoms with Gasteiger partial charge in [0.25, 0.3) is 0 Å². The van der Waals surface area contributed by atoms with Gasteiger partial charge in [0.15, 0.2) is 5.69 Å². The van der Waals surface area contributed by atoms with Gasteiger partial charge >= 0.3 is 6.18 Å². The summed E-state index contributed by atoms with van der Waals surface area (Å²) in [7, 11) is 0. The van der Waals surface area contributed by atoms with Crippen LogP contribution in [0.3, 0.4) is 0 Å². The molecular formula is C10H15F3N2. The lowest BCUT2D eigenvalue weighted by Gasteiger charge is -2.08. The van der Waals surface area contributed by atoms with Crippen molar-refractivity contribution in [1.29, 1.82) is 0 Å². The van der Waals surface area contributed by atoms with Crippen molar-refractivity contribution in [3.63, 3.8) is 0 Å². The van der Waals surface area contributed by atoms with Crippen molar-refractivity contribution in [3.8, 4) is 0 Å². The highest BCUT2D eigenvalue weighted by atomic mass is 19.4. The molecular weight excluding hydrogens is 205 g/mol. The molecule has 0 unspecified atom stereocenters. The Morgan fingerprint density at radius 3 is 2.07 bits per heavy atom. The molecule has 15 heavy (non-hydrogen) atoms. The first-order valence-corrected chi connectivity index (χ1v) is 4.80. The Balaban J connectivity index is 0.000000921. The first-order chi connectivity index (χ1) is 6.91. The topological polar surface area (TPSA) is 25.8 Å². The van der Waals surface area contributed by atoms with Crippen LogP contribution in [0.4, 0.5) is 13.2 Å². The molecule has 1 aromatic rings. The van der Waals surface area contributed by atoms with Crippen molar-refractivity contribution < 1.29 is 13.2 Å². The summed E-state index contributed by atoms with van der Waals surface area (Å²) in [6.07, 6.45) is -2.33. The Morgan fingerprint density at radius 1 is 1.13 bits per heavy atom. The number of hydrogen-bond acceptors (Lipinski definition) is 2. The van der Waals surface area contributed by atoms with E-state index in [1.807, 2.05) is 13.8 Å². The quantitative estimate of drug-likeness (QED) is 0.722. The highest BCUT2D eigenvalue weighted by molar-refractivity contribution is 5.08. The van der Waals surface area contributed by atoms with E-state index in [1.165, 1.54) is 6.20 Å². The highest BCUT2D eigenvalue weighted by Crippen LogP contribution is 2.27. The second-order valence-electron chi connectivity index (χ2n) is 2.98. The maximum Gasteiger partial charge on any atom is 0.434 e. The summed E-state index contributed by atoms with van der Waals surface area (Å²) in [5, 5.41) is 0. The van der Waals surface area contributed by atoms with Crippen LogP contribution in [0.5, 0.6) is 0 Å². The van der Waals surface area contributed by atoms with E-state index < -0.39 is 11.9 Å². The third-order valence-corrected chi connectivity index (χ3v) is 1.54. The summed E-state index contributed by atoms with van der Waals surface area (Å²) in [6.45, 7) is 7.54. The van der Waals surface area contributed by atoms with Crippen LogP contribution < -0.4 is 0 Å². The number of alkyl halides is 3. The molecule has 86 valence electrons. The van der Waals surface area contributed by atoms with Gasteiger partial charge in [-0.1, -0.05) is 27.7 Å². The maximum absolute atomic E-state index is 12.1. The van der Waals surface area contributed by atoms with Crippen molar-refractivity contribution in [2.45, 2.75) is 39.8 Å². The van der Waals surface area contributed by atoms with Gasteiger partial charge in [-0.25, -0.2) is 4.98 Å². The van der Waals surface area contributed by atoms with Crippen molar-refractivity contribution in [3.05, 3.63) is 23.8 Å². The molecule has 0 atom stereocenters. The Bertz CT molecular complexity index is 295. The van der Waals surface area contributed by atoms with Crippen LogP contribution in [0.15, 0.2) is 12.4 Å². The van der Waals surface area contributed by atoms with Crippen LogP contribution in [0, 0.1) is 0 Å². The molecule has 0 radical (unpaired) electrons. The van der Waals surface area contributed by atoms with Gasteiger partial charge < -0.3 is 0 Å². The van der Waals surface area contributed by atoms with Gasteiger partial charge in [0.2, 0.25) is 0 Å². The number of hydrogen-bond donors (Lipinski definition) is 0. The largest absolute Gasteiger partial charge is 0.434 e. The van der Waals surface area contributed by atoms with Gasteiger partial charge in [0.1, 0.15) is 0 Å². The van der Waals surface area contributed by atoms with Gasteiger partial charge in [-0.05, 0) is 5.92 Å². The monoisotopic (exact) mass is 220 g/mol. The first kappa shape index (κ1) is 13.9. The number of rotatable bonds is 1. The van der Waals surface area contributed by atoms with Crippen molar-refractivity contribution in [2.75, 3.05) is 0 Å². The lowest BCUT2D eigenvalue weighted by molar-refractivity contribution is -0.141. The normalized spacial score (nSPS) is 10.9. The Hall–Kier alpha value is -1.13. The highest BCUT2D eigenvalue weighted by Gasteiger charge is 2.33. The molecule has 0 amide bonds. The van der Waals surface area contributed by atoms with Crippen LogP contribution in [0.2, 0.25) is 0 Å². The van der Waals surface area contributed by atoms with E-state index in [0.29, 0.717) is 5.69 Å². The standard InChI is InChI=1S/C8H9F3N2.C2H6/c1-5(2)6-3-12-4-7(13-6)8(9,10)11;1-2/h3-5H,1-2H3;1-2H3. The average molecular weight is 220 g/mol. The fraction of sp³-hybridized carbons (Fsp3) is 0.600. The number of nitrogens with zero attached hydrogens (tertiary/aromatic N) is 2. The number of aromatic nitrogens is 2. The van der Waals surface area contributed by atoms with E-state index in [1.54, 1.807) is 13.8 Å². The van der Waals surface area contributed by atoms with Gasteiger partial charge in [-0.2, -0.15) is 13.2 Å². The predicted molar refractivity (Wildman–Crippen MR) is 52.5 cm³/mol. The van der Waals surface area contributed by atoms with Gasteiger partial charge in [-0.15, -0.1) is 0 Å². The van der Waals surface area contributed by atoms with Gasteiger partial charge in [0, 0.05) is 6.20 Å². The molecule has 5 heteroatoms. The third-order valence-electron chi connectivity index (χ3n) is 1.54. The molecule has 0 aliphatic heterocycles. The zero-order valence-corrected chi connectivity index (χ0v) is 9.26. The summed E-state index contributed by atoms with van der Waals surface area (Å²) < 4.78 is 36.4. The average Bonchev–Trinajstić information content (AvgIpc) is 2.20. The summed E-state index contributed by atoms with van der Waals surface area (Å²) in [5.74, 6) is -0.0465. The molecule has 0 aliphatic rings. The van der Waals surface area contributed by atoms with Crippen LogP contribution in [-0.4, -0.2) is 9.97 Å². The van der Waals surface area contributed by atoms with Crippen LogP contribution >= 0.6 is 0 Å². The second kappa shape index (κ2) is 5.68. The lowest BCUT2D eigenvalue weighted by Crippen LogP contribution is -2.10. The van der Waals surface area contributed by atoms with Crippen LogP contribution in [0.1, 0.15) is 45.0 Å². The Morgan fingerprint density at radius 2 is 1.67 bits per heavy atom. The zero-order valence-electron chi connectivity index (χ0n) is 9.26. The molecule has 0 aliphatic carbocycles. The maximum atomic E-state index is 12.1. The van der Waals surface area contributed by atoms with E-state index in [-0.39, 0.29) is 5.92 Å². The molecule has 1 aromatic heterocycles. The third kappa shape index (κ3) is 4.27. The Kier molecular flexibility index (Phi) is 5.25. The molecule has 0 fully saturated rings. The zero-order chi connectivity index (χ0) is 12.1. The number of halogens is 3. The summed E-state index contributed by atoms with van der Waals surface area (Å²) >= 11 is 0. The second-order valence-corrected chi connectivity index (χ2v) is 2.98. The Labute approximate surface area is 87.6 Å². The van der Waals surface area contributed by atoms with E-state index in [9.17, 15) is 13.2 Å². The summed E-state index contributed by atoms with van der Waals surface area (Å²) in [6, 6.07) is 0. The minimum absolute atomic E-state index is 0.0465. The molecule has 0 N–H and O–H groups in total. The molecule has 1 heterocycles. The van der Waals surface area contributed by atoms with Gasteiger partial charge in [-0.3, -0.25) is 4.98 Å². The van der Waals surface area contributed by atoms with E-state index >= 15 is 0 Å². The van der Waals surface area contributed by atoms with Crippen molar-refractivity contribution >= 4 is 0 Å². The minimum atomic E-state index is -4.40. The van der Waals surface area contributed by atoms with Crippen LogP contribution in [-0.2, 0) is 6.18 Å². The molecule has 2 nitrogen and oxygen atoms in total. The first-order valence-electron chi connectivity index (χ1n) is 4.80. The van der Waals surface area contributed by atoms with Crippen LogP contribution in [0.25, 0.3) is 0 Å².